The van der Waals surface area contributed by atoms with E-state index in [9.17, 15) is 18.0 Å². The molecule has 2 aromatic rings. The molecule has 1 fully saturated rings. The largest absolute Gasteiger partial charge is 0.456 e. The quantitative estimate of drug-likeness (QED) is 0.698. The summed E-state index contributed by atoms with van der Waals surface area (Å²) < 4.78 is 32.0. The number of rotatable bonds is 5. The zero-order valence-corrected chi connectivity index (χ0v) is 16.3. The third kappa shape index (κ3) is 4.55. The van der Waals surface area contributed by atoms with E-state index in [1.54, 1.807) is 29.3 Å². The van der Waals surface area contributed by atoms with Gasteiger partial charge in [0.05, 0.1) is 16.2 Å². The van der Waals surface area contributed by atoms with E-state index in [1.807, 2.05) is 0 Å². The minimum absolute atomic E-state index is 0.0418. The molecule has 0 unspecified atom stereocenters. The molecule has 9 heteroatoms. The standard InChI is InChI=1S/C19H21N3O5S/c1-15(23)21-10-12-22(13-11-21)28(25,26)18-7-5-16(6-8-18)19(24)27-14-17-4-2-3-9-20-17/h2-9H,10-14H2,1H3. The first-order valence-electron chi connectivity index (χ1n) is 8.80. The Kier molecular flexibility index (Phi) is 6.05. The van der Waals surface area contributed by atoms with E-state index in [2.05, 4.69) is 4.98 Å². The molecule has 8 nitrogen and oxygen atoms in total. The molecule has 0 radical (unpaired) electrons. The molecule has 1 aliphatic rings. The molecule has 1 amide bonds. The maximum absolute atomic E-state index is 12.8. The smallest absolute Gasteiger partial charge is 0.338 e. The summed E-state index contributed by atoms with van der Waals surface area (Å²) in [6, 6.07) is 11.0. The van der Waals surface area contributed by atoms with E-state index in [1.165, 1.54) is 35.5 Å². The van der Waals surface area contributed by atoms with Crippen molar-refractivity contribution in [3.8, 4) is 0 Å². The predicted octanol–water partition coefficient (Wildman–Crippen LogP) is 1.29. The molecule has 1 aliphatic heterocycles. The first-order chi connectivity index (χ1) is 13.4. The van der Waals surface area contributed by atoms with Crippen LogP contribution < -0.4 is 0 Å². The number of benzene rings is 1. The van der Waals surface area contributed by atoms with Crippen molar-refractivity contribution in [1.29, 1.82) is 0 Å². The molecule has 0 spiro atoms. The maximum atomic E-state index is 12.8. The van der Waals surface area contributed by atoms with Crippen molar-refractivity contribution in [2.45, 2.75) is 18.4 Å². The first kappa shape index (κ1) is 20.0. The predicted molar refractivity (Wildman–Crippen MR) is 101 cm³/mol. The van der Waals surface area contributed by atoms with Gasteiger partial charge in [0.1, 0.15) is 6.61 Å². The Morgan fingerprint density at radius 1 is 1.04 bits per heavy atom. The van der Waals surface area contributed by atoms with E-state index in [0.29, 0.717) is 18.8 Å². The van der Waals surface area contributed by atoms with Gasteiger partial charge in [-0.25, -0.2) is 13.2 Å². The highest BCUT2D eigenvalue weighted by Gasteiger charge is 2.29. The van der Waals surface area contributed by atoms with Gasteiger partial charge in [-0.2, -0.15) is 4.31 Å². The van der Waals surface area contributed by atoms with Crippen molar-refractivity contribution < 1.29 is 22.7 Å². The molecule has 1 aromatic carbocycles. The number of hydrogen-bond acceptors (Lipinski definition) is 6. The number of ether oxygens (including phenoxy) is 1. The summed E-state index contributed by atoms with van der Waals surface area (Å²) in [6.45, 7) is 2.74. The molecule has 2 heterocycles. The molecule has 1 saturated heterocycles. The molecule has 0 bridgehead atoms. The van der Waals surface area contributed by atoms with Crippen LogP contribution in [0.15, 0.2) is 53.6 Å². The Balaban J connectivity index is 1.63. The van der Waals surface area contributed by atoms with Crippen molar-refractivity contribution in [1.82, 2.24) is 14.2 Å². The fourth-order valence-electron chi connectivity index (χ4n) is 2.86. The number of carbonyl (C=O) groups excluding carboxylic acids is 2. The number of esters is 1. The van der Waals surface area contributed by atoms with Gasteiger partial charge in [0.25, 0.3) is 0 Å². The molecule has 0 saturated carbocycles. The molecule has 0 atom stereocenters. The van der Waals surface area contributed by atoms with Crippen LogP contribution in [-0.2, 0) is 26.2 Å². The average molecular weight is 403 g/mol. The van der Waals surface area contributed by atoms with Crippen LogP contribution in [0.3, 0.4) is 0 Å². The summed E-state index contributed by atoms with van der Waals surface area (Å²) in [5.74, 6) is -0.615. The molecule has 148 valence electrons. The van der Waals surface area contributed by atoms with E-state index in [-0.39, 0.29) is 36.1 Å². The second-order valence-corrected chi connectivity index (χ2v) is 8.27. The van der Waals surface area contributed by atoms with Crippen LogP contribution >= 0.6 is 0 Å². The lowest BCUT2D eigenvalue weighted by atomic mass is 10.2. The van der Waals surface area contributed by atoms with Crippen LogP contribution in [0.25, 0.3) is 0 Å². The van der Waals surface area contributed by atoms with Gasteiger partial charge >= 0.3 is 5.97 Å². The zero-order valence-electron chi connectivity index (χ0n) is 15.4. The monoisotopic (exact) mass is 403 g/mol. The van der Waals surface area contributed by atoms with Crippen LogP contribution in [-0.4, -0.2) is 60.7 Å². The van der Waals surface area contributed by atoms with E-state index in [4.69, 9.17) is 4.74 Å². The minimum atomic E-state index is -3.68. The van der Waals surface area contributed by atoms with Gasteiger partial charge < -0.3 is 9.64 Å². The Morgan fingerprint density at radius 2 is 1.71 bits per heavy atom. The van der Waals surface area contributed by atoms with Crippen LogP contribution in [0, 0.1) is 0 Å². The molecule has 1 aromatic heterocycles. The lowest BCUT2D eigenvalue weighted by Gasteiger charge is -2.33. The fourth-order valence-corrected chi connectivity index (χ4v) is 4.28. The first-order valence-corrected chi connectivity index (χ1v) is 10.2. The molecular weight excluding hydrogens is 382 g/mol. The molecule has 0 aliphatic carbocycles. The van der Waals surface area contributed by atoms with Crippen molar-refractivity contribution in [3.63, 3.8) is 0 Å². The molecule has 28 heavy (non-hydrogen) atoms. The summed E-state index contributed by atoms with van der Waals surface area (Å²) in [7, 11) is -3.68. The van der Waals surface area contributed by atoms with Gasteiger partial charge in [-0.05, 0) is 36.4 Å². The molecule has 0 N–H and O–H groups in total. The van der Waals surface area contributed by atoms with Gasteiger partial charge in [-0.1, -0.05) is 6.07 Å². The van der Waals surface area contributed by atoms with Crippen molar-refractivity contribution in [2.75, 3.05) is 26.2 Å². The topological polar surface area (TPSA) is 96.9 Å². The number of nitrogens with zero attached hydrogens (tertiary/aromatic N) is 3. The second-order valence-electron chi connectivity index (χ2n) is 6.33. The van der Waals surface area contributed by atoms with Gasteiger partial charge in [0.2, 0.25) is 15.9 Å². The number of sulfonamides is 1. The van der Waals surface area contributed by atoms with Crippen molar-refractivity contribution >= 4 is 21.9 Å². The molecular formula is C19H21N3O5S. The lowest BCUT2D eigenvalue weighted by Crippen LogP contribution is -2.49. The zero-order chi connectivity index (χ0) is 20.1. The number of hydrogen-bond donors (Lipinski definition) is 0. The summed E-state index contributed by atoms with van der Waals surface area (Å²) in [6.07, 6.45) is 1.61. The average Bonchev–Trinajstić information content (AvgIpc) is 2.73. The second kappa shape index (κ2) is 8.49. The number of piperazine rings is 1. The minimum Gasteiger partial charge on any atom is -0.456 e. The highest BCUT2D eigenvalue weighted by Crippen LogP contribution is 2.19. The van der Waals surface area contributed by atoms with Crippen molar-refractivity contribution in [2.24, 2.45) is 0 Å². The maximum Gasteiger partial charge on any atom is 0.338 e. The highest BCUT2D eigenvalue weighted by molar-refractivity contribution is 7.89. The van der Waals surface area contributed by atoms with Gasteiger partial charge in [-0.15, -0.1) is 0 Å². The number of amides is 1. The molecule has 3 rings (SSSR count). The van der Waals surface area contributed by atoms with Crippen LogP contribution in [0.4, 0.5) is 0 Å². The summed E-state index contributed by atoms with van der Waals surface area (Å²) in [4.78, 5) is 29.3. The van der Waals surface area contributed by atoms with Gasteiger partial charge in [-0.3, -0.25) is 9.78 Å². The normalized spacial score (nSPS) is 15.2. The Bertz CT molecular complexity index is 937. The van der Waals surface area contributed by atoms with Gasteiger partial charge in [0, 0.05) is 39.3 Å². The fraction of sp³-hybridized carbons (Fsp3) is 0.316. The number of aromatic nitrogens is 1. The SMILES string of the molecule is CC(=O)N1CCN(S(=O)(=O)c2ccc(C(=O)OCc3ccccn3)cc2)CC1. The number of carbonyl (C=O) groups is 2. The van der Waals surface area contributed by atoms with Crippen molar-refractivity contribution in [3.05, 3.63) is 59.9 Å². The van der Waals surface area contributed by atoms with E-state index in [0.717, 1.165) is 0 Å². The summed E-state index contributed by atoms with van der Waals surface area (Å²) in [5.41, 5.74) is 0.885. The summed E-state index contributed by atoms with van der Waals surface area (Å²) >= 11 is 0. The van der Waals surface area contributed by atoms with Crippen LogP contribution in [0.5, 0.6) is 0 Å². The van der Waals surface area contributed by atoms with Crippen LogP contribution in [0.2, 0.25) is 0 Å². The third-order valence-electron chi connectivity index (χ3n) is 4.49. The third-order valence-corrected chi connectivity index (χ3v) is 6.40. The Hall–Kier alpha value is -2.78. The Labute approximate surface area is 163 Å². The van der Waals surface area contributed by atoms with E-state index >= 15 is 0 Å². The van der Waals surface area contributed by atoms with E-state index < -0.39 is 16.0 Å². The summed E-state index contributed by atoms with van der Waals surface area (Å²) in [5, 5.41) is 0. The van der Waals surface area contributed by atoms with Crippen LogP contribution in [0.1, 0.15) is 23.0 Å². The number of pyridine rings is 1. The van der Waals surface area contributed by atoms with Gasteiger partial charge in [0.15, 0.2) is 0 Å². The highest BCUT2D eigenvalue weighted by atomic mass is 32.2. The Morgan fingerprint density at radius 3 is 2.29 bits per heavy atom. The lowest BCUT2D eigenvalue weighted by molar-refractivity contribution is -0.129.